The van der Waals surface area contributed by atoms with Crippen molar-refractivity contribution >= 4 is 103 Å². The molecule has 2 aromatic carbocycles. The normalized spacial score (nSPS) is 37.0. The molecule has 12 heterocycles. The number of aryl methyl sites for hydroxylation is 2. The second-order valence-electron chi connectivity index (χ2n) is 44.2. The zero-order chi connectivity index (χ0) is 106. The van der Waals surface area contributed by atoms with E-state index in [1.165, 1.54) is 17.6 Å². The van der Waals surface area contributed by atoms with Crippen molar-refractivity contribution in [2.45, 2.75) is 377 Å². The predicted molar refractivity (Wildman–Crippen MR) is 540 cm³/mol. The summed E-state index contributed by atoms with van der Waals surface area (Å²) >= 11 is 2.95. The van der Waals surface area contributed by atoms with E-state index in [2.05, 4.69) is 19.9 Å². The van der Waals surface area contributed by atoms with Gasteiger partial charge in [-0.25, -0.2) is 19.9 Å². The number of carbonyl (C=O) groups excluding carboxylic acids is 8. The molecule has 0 aliphatic carbocycles. The Morgan fingerprint density at radius 3 is 1.10 bits per heavy atom. The molecule has 0 bridgehead atoms. The largest absolute Gasteiger partial charge is 0.458 e. The molecule has 14 rings (SSSR count). The Morgan fingerprint density at radius 2 is 0.757 bits per heavy atom. The average Bonchev–Trinajstić information content (AvgIpc) is 1.67. The van der Waals surface area contributed by atoms with Crippen LogP contribution in [-0.2, 0) is 89.5 Å². The Hall–Kier alpha value is -8.92. The van der Waals surface area contributed by atoms with E-state index < -0.39 is 165 Å². The summed E-state index contributed by atoms with van der Waals surface area (Å²) in [5, 5.41) is 109. The summed E-state index contributed by atoms with van der Waals surface area (Å²) < 4.78 is 59.2. The van der Waals surface area contributed by atoms with Gasteiger partial charge in [0.2, 0.25) is 5.89 Å². The lowest BCUT2D eigenvalue weighted by atomic mass is 9.73. The number of aliphatic hydroxyl groups is 10. The molecular weight excluding hydrogens is 1890 g/mol. The van der Waals surface area contributed by atoms with Crippen LogP contribution in [0.2, 0.25) is 0 Å². The van der Waals surface area contributed by atoms with E-state index in [0.717, 1.165) is 31.9 Å². The lowest BCUT2D eigenvalue weighted by Gasteiger charge is -2.34. The fourth-order valence-corrected chi connectivity index (χ4v) is 21.0. The molecule has 792 valence electrons. The number of carbonyl (C=O) groups is 8. The Morgan fingerprint density at radius 1 is 0.417 bits per heavy atom. The van der Waals surface area contributed by atoms with Gasteiger partial charge in [0.05, 0.1) is 171 Å². The molecule has 6 aromatic rings. The number of esters is 4. The van der Waals surface area contributed by atoms with Crippen LogP contribution in [0.15, 0.2) is 117 Å². The van der Waals surface area contributed by atoms with E-state index in [-0.39, 0.29) is 116 Å². The van der Waals surface area contributed by atoms with Crippen LogP contribution < -0.4 is 0 Å². The minimum absolute atomic E-state index is 0.109. The van der Waals surface area contributed by atoms with Crippen molar-refractivity contribution in [1.82, 2.24) is 19.9 Å². The van der Waals surface area contributed by atoms with E-state index in [1.54, 1.807) is 120 Å². The number of fused-ring (bicyclic) bond motifs is 6. The van der Waals surface area contributed by atoms with Crippen molar-refractivity contribution in [3.05, 3.63) is 152 Å². The number of hydrogen-bond acceptors (Lipinski definition) is 34. The minimum atomic E-state index is -1.29. The molecule has 0 saturated carbocycles. The third-order valence-corrected chi connectivity index (χ3v) is 32.7. The van der Waals surface area contributed by atoms with Gasteiger partial charge in [0.15, 0.2) is 11.5 Å². The van der Waals surface area contributed by atoms with Crippen molar-refractivity contribution in [2.75, 3.05) is 0 Å². The Labute approximate surface area is 852 Å². The number of thiazole rings is 2. The Balaban J connectivity index is 0.000000183. The number of nitrogens with zero attached hydrogens (tertiary/aromatic N) is 4. The molecule has 8 aliphatic rings. The SMILES string of the molecule is C/C(=C\c1coc(CO)n1)[C@@H]1CC2OC2(C)C/C=C/[C@H](C)[C@H](O)[C@@H](C)C(=O)C(C)(C)[C@@H](O)CC(=O)O1.C/C(=C\c1csc(CO)n1)[C@@H]1CC2OC2(C)C/C=C/[C@H](C)[C@H](O)[C@@H](C)C(=O)C(C)(C)[C@@H](O)CC(=O)O1.Cc1nc2cc([C@@H]3CC4OC4(C)C/C=C/[C@H](C)[C@H](O)[C@@H](C)C(=O)C(C)(C)[C@@H](O)CC(=O)O3)ccc2o1.Cc1nc2cc([C@@H]3CC4OC4(C)C/C=C/[C@H](C)[C@H](O)[C@@H](C)C(=O)C(C)(C)[C@@H](O)CC(=O)O3)ccc2s1. The van der Waals surface area contributed by atoms with Crippen molar-refractivity contribution in [3.63, 3.8) is 0 Å². The summed E-state index contributed by atoms with van der Waals surface area (Å²) in [5.41, 5.74) is -0.291. The summed E-state index contributed by atoms with van der Waals surface area (Å²) in [6, 6.07) is 11.4. The predicted octanol–water partition coefficient (Wildman–Crippen LogP) is 15.3. The number of ether oxygens (including phenoxy) is 8. The van der Waals surface area contributed by atoms with Crippen LogP contribution in [0, 0.1) is 82.9 Å². The molecule has 4 fully saturated rings. The second kappa shape index (κ2) is 46.9. The molecule has 8 unspecified atom stereocenters. The summed E-state index contributed by atoms with van der Waals surface area (Å²) in [4.78, 5) is 122. The van der Waals surface area contributed by atoms with Gasteiger partial charge in [-0.05, 0) is 133 Å². The number of Topliss-reactive ketones (excluding diaryl/α,β-unsaturated/α-hetero) is 4. The van der Waals surface area contributed by atoms with E-state index in [4.69, 9.17) is 46.7 Å². The Kier molecular flexibility index (Phi) is 37.6. The molecule has 28 atom stereocenters. The molecule has 0 radical (unpaired) electrons. The molecule has 8 aliphatic heterocycles. The van der Waals surface area contributed by atoms with Gasteiger partial charge in [-0.1, -0.05) is 172 Å². The quantitative estimate of drug-likeness (QED) is 0.0293. The average molecular weight is 2040 g/mol. The number of hydrogen-bond donors (Lipinski definition) is 10. The molecule has 4 saturated heterocycles. The van der Waals surface area contributed by atoms with Crippen LogP contribution in [0.5, 0.6) is 0 Å². The third-order valence-electron chi connectivity index (χ3n) is 30.9. The van der Waals surface area contributed by atoms with Gasteiger partial charge < -0.3 is 97.8 Å². The second-order valence-corrected chi connectivity index (χ2v) is 46.4. The number of benzene rings is 2. The maximum absolute atomic E-state index is 13.2. The highest BCUT2D eigenvalue weighted by molar-refractivity contribution is 7.18. The minimum Gasteiger partial charge on any atom is -0.458 e. The zero-order valence-corrected chi connectivity index (χ0v) is 89.2. The first-order chi connectivity index (χ1) is 67.2. The van der Waals surface area contributed by atoms with Gasteiger partial charge in [-0.15, -0.1) is 22.7 Å². The van der Waals surface area contributed by atoms with Crippen LogP contribution in [0.1, 0.15) is 286 Å². The number of cyclic esters (lactones) is 4. The van der Waals surface area contributed by atoms with Crippen molar-refractivity contribution < 1.29 is 136 Å². The highest BCUT2D eigenvalue weighted by atomic mass is 32.1. The molecule has 0 amide bonds. The first-order valence-electron chi connectivity index (χ1n) is 50.2. The lowest BCUT2D eigenvalue weighted by Crippen LogP contribution is -2.45. The number of aliphatic hydroxyl groups excluding tert-OH is 10. The number of ketones is 4. The molecule has 34 heteroatoms. The van der Waals surface area contributed by atoms with E-state index in [0.29, 0.717) is 90.3 Å². The van der Waals surface area contributed by atoms with Gasteiger partial charge >= 0.3 is 23.9 Å². The number of rotatable bonds is 8. The number of oxazole rings is 2. The van der Waals surface area contributed by atoms with E-state index in [1.807, 2.05) is 160 Å². The first-order valence-corrected chi connectivity index (χ1v) is 51.9. The highest BCUT2D eigenvalue weighted by Crippen LogP contribution is 2.51. The van der Waals surface area contributed by atoms with E-state index in [9.17, 15) is 89.4 Å². The lowest BCUT2D eigenvalue weighted by molar-refractivity contribution is -0.158. The van der Waals surface area contributed by atoms with Crippen molar-refractivity contribution in [3.8, 4) is 0 Å². The van der Waals surface area contributed by atoms with Crippen LogP contribution in [0.25, 0.3) is 33.5 Å². The first kappa shape index (κ1) is 115. The van der Waals surface area contributed by atoms with E-state index >= 15 is 0 Å². The topological polar surface area (TPSA) is 504 Å². The summed E-state index contributed by atoms with van der Waals surface area (Å²) in [7, 11) is 0. The third kappa shape index (κ3) is 28.2. The van der Waals surface area contributed by atoms with Gasteiger partial charge in [0.1, 0.15) is 76.6 Å². The molecule has 0 spiro atoms. The van der Waals surface area contributed by atoms with Crippen LogP contribution in [0.4, 0.5) is 0 Å². The molecule has 4 aromatic heterocycles. The maximum Gasteiger partial charge on any atom is 0.309 e. The van der Waals surface area contributed by atoms with Gasteiger partial charge in [-0.2, -0.15) is 0 Å². The van der Waals surface area contributed by atoms with Crippen molar-refractivity contribution in [1.29, 1.82) is 0 Å². The fourth-order valence-electron chi connectivity index (χ4n) is 19.6. The fraction of sp³-hybridized carbons (Fsp3) is 0.636. The van der Waals surface area contributed by atoms with Gasteiger partial charge in [0, 0.05) is 85.3 Å². The molecular formula is C110H152N4O28S2. The molecule has 144 heavy (non-hydrogen) atoms. The smallest absolute Gasteiger partial charge is 0.309 e. The summed E-state index contributed by atoms with van der Waals surface area (Å²) in [5.74, 6) is -6.90. The standard InChI is InChI=1S/C28H37NO7.C28H37NO6S.C27H39NO8.C27H39NO7S/c1-15-8-7-11-28(6)23(36-28)13-21(18-9-10-20-19(12-18)29-17(3)34-20)35-24(31)14-22(30)27(4,5)26(33)16(2)25(15)32;1-15-8-7-11-28(6)23(35-28)13-20(18-9-10-21-19(12-18)29-17(3)36-21)34-24(31)14-22(30)27(4,5)26(33)16(2)25(15)32;1-15-8-7-9-27(6)21(36-27)11-19(16(2)10-18-14-34-22(13-29)28-18)35-23(31)12-20(30)26(4,5)25(33)17(3)24(15)32;1-15-8-7-9-27(6)21(35-27)11-19(16(2)10-18-14-36-22(13-29)28-18)34-23(31)12-20(30)26(4,5)25(33)17(3)24(15)32/h7-10,12,15-16,21-23,25,30,32H,11,13-14H2,1-6H3;7-10,12,15-16,20,22-23,25,30,32H,11,13-14H2,1-6H3;2*7-8,10,14-15,17,19-21,24,29-30,32H,9,11-13H2,1-6H3/b2*8-7+;2*8-7+,16-10+/t15-,16+,21-,22-,23?,25-,28?;15-,16+,20-,22-,23?,25-,28?;2*15-,17+,19-,20-,21?,24-,27?/m0000/s1. The number of epoxide rings is 4. The molecule has 32 nitrogen and oxygen atoms in total. The monoisotopic (exact) mass is 2040 g/mol. The van der Waals surface area contributed by atoms with Crippen LogP contribution in [0.3, 0.4) is 0 Å². The van der Waals surface area contributed by atoms with Gasteiger partial charge in [0.25, 0.3) is 0 Å². The number of aromatic nitrogens is 4. The van der Waals surface area contributed by atoms with Crippen LogP contribution >= 0.6 is 22.7 Å². The zero-order valence-electron chi connectivity index (χ0n) is 87.6. The Bertz CT molecular complexity index is 5390. The van der Waals surface area contributed by atoms with Crippen LogP contribution in [-0.4, -0.2) is 226 Å². The van der Waals surface area contributed by atoms with Crippen molar-refractivity contribution in [2.24, 2.45) is 69.0 Å². The maximum atomic E-state index is 13.2. The van der Waals surface area contributed by atoms with Gasteiger partial charge in [-0.3, -0.25) is 38.4 Å². The molecule has 10 N–H and O–H groups in total. The highest BCUT2D eigenvalue weighted by Gasteiger charge is 2.58. The summed E-state index contributed by atoms with van der Waals surface area (Å²) in [6.07, 6.45) is 11.5. The summed E-state index contributed by atoms with van der Waals surface area (Å²) in [6.45, 7) is 41.7.